The Hall–Kier alpha value is -1.86. The van der Waals surface area contributed by atoms with Gasteiger partial charge in [0, 0.05) is 31.1 Å². The first-order valence-electron chi connectivity index (χ1n) is 11.1. The van der Waals surface area contributed by atoms with Gasteiger partial charge in [-0.1, -0.05) is 44.1 Å². The number of carbonyl (C=O) groups is 2. The van der Waals surface area contributed by atoms with E-state index in [1.165, 1.54) is 12.1 Å². The Labute approximate surface area is 188 Å². The van der Waals surface area contributed by atoms with Crippen LogP contribution >= 0.6 is 11.8 Å². The first kappa shape index (κ1) is 25.4. The predicted molar refractivity (Wildman–Crippen MR) is 123 cm³/mol. The van der Waals surface area contributed by atoms with Crippen LogP contribution in [0.25, 0.3) is 0 Å². The van der Waals surface area contributed by atoms with Gasteiger partial charge in [-0.25, -0.2) is 4.39 Å². The number of hydrogen-bond donors (Lipinski definition) is 2. The highest BCUT2D eigenvalue weighted by Gasteiger charge is 2.29. The molecule has 3 atom stereocenters. The van der Waals surface area contributed by atoms with Crippen molar-refractivity contribution in [2.75, 3.05) is 18.1 Å². The number of carbonyl (C=O) groups excluding carboxylic acids is 1. The summed E-state index contributed by atoms with van der Waals surface area (Å²) in [5.41, 5.74) is 0.920. The molecule has 1 saturated heterocycles. The van der Waals surface area contributed by atoms with E-state index in [0.29, 0.717) is 19.4 Å². The fraction of sp³-hybridized carbons (Fsp3) is 0.583. The highest BCUT2D eigenvalue weighted by molar-refractivity contribution is 7.99. The third-order valence-corrected chi connectivity index (χ3v) is 6.69. The highest BCUT2D eigenvalue weighted by atomic mass is 32.2. The summed E-state index contributed by atoms with van der Waals surface area (Å²) in [4.78, 5) is 24.7. The van der Waals surface area contributed by atoms with E-state index in [2.05, 4.69) is 6.92 Å². The maximum Gasteiger partial charge on any atom is 0.303 e. The van der Waals surface area contributed by atoms with Crippen LogP contribution in [0.3, 0.4) is 0 Å². The molecule has 0 spiro atoms. The number of carboxylic acid groups (broad SMARTS) is 1. The zero-order chi connectivity index (χ0) is 22.6. The predicted octanol–water partition coefficient (Wildman–Crippen LogP) is 4.61. The van der Waals surface area contributed by atoms with Crippen LogP contribution in [0.5, 0.6) is 0 Å². The lowest BCUT2D eigenvalue weighted by molar-refractivity contribution is -0.137. The molecule has 0 radical (unpaired) electrons. The van der Waals surface area contributed by atoms with Gasteiger partial charge in [-0.15, -0.1) is 0 Å². The SMILES string of the molecule is CCCCC(c1ccc(F)cc1)C(O)/C=C/[C@H]1CCC(=O)N1CCSCCCC(=O)O. The largest absolute Gasteiger partial charge is 0.481 e. The van der Waals surface area contributed by atoms with Crippen molar-refractivity contribution in [2.45, 2.75) is 69.9 Å². The quantitative estimate of drug-likeness (QED) is 0.319. The number of likely N-dealkylation sites (tertiary alicyclic amines) is 1. The van der Waals surface area contributed by atoms with Crippen molar-refractivity contribution in [3.63, 3.8) is 0 Å². The van der Waals surface area contributed by atoms with Gasteiger partial charge in [-0.3, -0.25) is 9.59 Å². The van der Waals surface area contributed by atoms with Crippen LogP contribution in [0.1, 0.15) is 63.4 Å². The van der Waals surface area contributed by atoms with Crippen LogP contribution in [0.4, 0.5) is 4.39 Å². The second-order valence-electron chi connectivity index (χ2n) is 7.98. The van der Waals surface area contributed by atoms with Crippen molar-refractivity contribution in [1.82, 2.24) is 4.90 Å². The third-order valence-electron chi connectivity index (χ3n) is 5.64. The van der Waals surface area contributed by atoms with E-state index in [-0.39, 0.29) is 30.1 Å². The summed E-state index contributed by atoms with van der Waals surface area (Å²) >= 11 is 1.66. The molecule has 5 nitrogen and oxygen atoms in total. The molecule has 1 aromatic carbocycles. The fourth-order valence-corrected chi connectivity index (χ4v) is 4.76. The number of amides is 1. The average Bonchev–Trinajstić information content (AvgIpc) is 3.09. The van der Waals surface area contributed by atoms with E-state index in [1.807, 2.05) is 11.0 Å². The molecule has 172 valence electrons. The Kier molecular flexibility index (Phi) is 11.1. The molecule has 2 rings (SSSR count). The maximum atomic E-state index is 13.3. The molecule has 1 aromatic rings. The number of carboxylic acids is 1. The molecule has 1 aliphatic rings. The van der Waals surface area contributed by atoms with Crippen LogP contribution < -0.4 is 0 Å². The number of hydrogen-bond acceptors (Lipinski definition) is 4. The van der Waals surface area contributed by atoms with E-state index in [0.717, 1.165) is 42.8 Å². The Morgan fingerprint density at radius 3 is 2.71 bits per heavy atom. The minimum atomic E-state index is -0.781. The Bertz CT molecular complexity index is 725. The van der Waals surface area contributed by atoms with Gasteiger partial charge in [0.15, 0.2) is 0 Å². The Balaban J connectivity index is 1.92. The molecule has 31 heavy (non-hydrogen) atoms. The van der Waals surface area contributed by atoms with Crippen LogP contribution in [0, 0.1) is 5.82 Å². The van der Waals surface area contributed by atoms with Crippen molar-refractivity contribution >= 4 is 23.6 Å². The van der Waals surface area contributed by atoms with E-state index < -0.39 is 12.1 Å². The summed E-state index contributed by atoms with van der Waals surface area (Å²) in [7, 11) is 0. The number of halogens is 1. The number of unbranched alkanes of at least 4 members (excludes halogenated alkanes) is 1. The van der Waals surface area contributed by atoms with Crippen LogP contribution in [-0.2, 0) is 9.59 Å². The second-order valence-corrected chi connectivity index (χ2v) is 9.20. The standard InChI is InChI=1S/C24H34FNO4S/c1-2-3-5-21(18-7-9-19(25)10-8-18)22(27)13-11-20-12-14-23(28)26(20)15-17-31-16-4-6-24(29)30/h7-11,13,20-22,27H,2-6,12,14-17H2,1H3,(H,29,30)/b13-11+/t20-,21?,22?/m0/s1. The number of aliphatic carboxylic acids is 1. The summed E-state index contributed by atoms with van der Waals surface area (Å²) in [5, 5.41) is 19.5. The molecule has 1 aliphatic heterocycles. The summed E-state index contributed by atoms with van der Waals surface area (Å²) in [6, 6.07) is 6.30. The monoisotopic (exact) mass is 451 g/mol. The number of benzene rings is 1. The minimum absolute atomic E-state index is 0.0261. The lowest BCUT2D eigenvalue weighted by atomic mass is 9.88. The molecule has 2 unspecified atom stereocenters. The maximum absolute atomic E-state index is 13.3. The summed E-state index contributed by atoms with van der Waals surface area (Å²) < 4.78 is 13.3. The third kappa shape index (κ3) is 8.65. The van der Waals surface area contributed by atoms with Crippen LogP contribution in [-0.4, -0.2) is 57.2 Å². The molecular formula is C24H34FNO4S. The molecule has 1 fully saturated rings. The number of thioether (sulfide) groups is 1. The normalized spacial score (nSPS) is 18.6. The molecule has 0 aromatic heterocycles. The average molecular weight is 452 g/mol. The van der Waals surface area contributed by atoms with Gasteiger partial charge in [0.25, 0.3) is 0 Å². The molecule has 1 amide bonds. The molecule has 7 heteroatoms. The van der Waals surface area contributed by atoms with Crippen LogP contribution in [0.15, 0.2) is 36.4 Å². The summed E-state index contributed by atoms with van der Waals surface area (Å²) in [6.45, 7) is 2.73. The zero-order valence-corrected chi connectivity index (χ0v) is 19.0. The van der Waals surface area contributed by atoms with Crippen molar-refractivity contribution in [3.05, 3.63) is 47.8 Å². The van der Waals surface area contributed by atoms with Crippen molar-refractivity contribution in [2.24, 2.45) is 0 Å². The first-order chi connectivity index (χ1) is 14.9. The zero-order valence-electron chi connectivity index (χ0n) is 18.2. The number of rotatable bonds is 14. The van der Waals surface area contributed by atoms with E-state index >= 15 is 0 Å². The topological polar surface area (TPSA) is 77.8 Å². The molecule has 2 N–H and O–H groups in total. The molecule has 0 saturated carbocycles. The van der Waals surface area contributed by atoms with Crippen LogP contribution in [0.2, 0.25) is 0 Å². The Morgan fingerprint density at radius 1 is 1.29 bits per heavy atom. The molecule has 1 heterocycles. The van der Waals surface area contributed by atoms with Crippen molar-refractivity contribution in [3.8, 4) is 0 Å². The minimum Gasteiger partial charge on any atom is -0.481 e. The van der Waals surface area contributed by atoms with Crippen molar-refractivity contribution < 1.29 is 24.2 Å². The van der Waals surface area contributed by atoms with E-state index in [1.54, 1.807) is 30.0 Å². The van der Waals surface area contributed by atoms with Gasteiger partial charge in [-0.2, -0.15) is 11.8 Å². The smallest absolute Gasteiger partial charge is 0.303 e. The number of aliphatic hydroxyl groups is 1. The van der Waals surface area contributed by atoms with Gasteiger partial charge in [0.1, 0.15) is 5.82 Å². The fourth-order valence-electron chi connectivity index (χ4n) is 3.88. The van der Waals surface area contributed by atoms with Gasteiger partial charge in [0.05, 0.1) is 12.1 Å². The van der Waals surface area contributed by atoms with Gasteiger partial charge < -0.3 is 15.1 Å². The molecule has 0 aliphatic carbocycles. The summed E-state index contributed by atoms with van der Waals surface area (Å²) in [5.74, 6) is 0.488. The van der Waals surface area contributed by atoms with E-state index in [4.69, 9.17) is 5.11 Å². The Morgan fingerprint density at radius 2 is 2.03 bits per heavy atom. The van der Waals surface area contributed by atoms with Gasteiger partial charge >= 0.3 is 5.97 Å². The van der Waals surface area contributed by atoms with Crippen molar-refractivity contribution in [1.29, 1.82) is 0 Å². The second kappa shape index (κ2) is 13.5. The van der Waals surface area contributed by atoms with Gasteiger partial charge in [0.2, 0.25) is 5.91 Å². The summed E-state index contributed by atoms with van der Waals surface area (Å²) in [6.07, 6.45) is 7.89. The number of aliphatic hydroxyl groups excluding tert-OH is 1. The highest BCUT2D eigenvalue weighted by Crippen LogP contribution is 2.28. The first-order valence-corrected chi connectivity index (χ1v) is 12.3. The lowest BCUT2D eigenvalue weighted by Crippen LogP contribution is -2.34. The number of nitrogens with zero attached hydrogens (tertiary/aromatic N) is 1. The molecular weight excluding hydrogens is 417 g/mol. The molecule has 0 bridgehead atoms. The van der Waals surface area contributed by atoms with E-state index in [9.17, 15) is 19.1 Å². The van der Waals surface area contributed by atoms with Gasteiger partial charge in [-0.05, 0) is 42.7 Å². The lowest BCUT2D eigenvalue weighted by Gasteiger charge is -2.24.